The van der Waals surface area contributed by atoms with Gasteiger partial charge in [-0.25, -0.2) is 4.39 Å². The normalized spacial score (nSPS) is 20.4. The van der Waals surface area contributed by atoms with E-state index in [4.69, 9.17) is 4.74 Å². The zero-order valence-corrected chi connectivity index (χ0v) is 11.6. The highest BCUT2D eigenvalue weighted by atomic mass is 19.1. The van der Waals surface area contributed by atoms with E-state index in [1.165, 1.54) is 25.0 Å². The van der Waals surface area contributed by atoms with Crippen LogP contribution in [0.25, 0.3) is 0 Å². The Balaban J connectivity index is 1.69. The van der Waals surface area contributed by atoms with Gasteiger partial charge in [0.1, 0.15) is 18.2 Å². The molecule has 1 heterocycles. The van der Waals surface area contributed by atoms with Gasteiger partial charge in [-0.2, -0.15) is 0 Å². The average Bonchev–Trinajstić information content (AvgIpc) is 2.42. The van der Waals surface area contributed by atoms with Crippen LogP contribution in [0.3, 0.4) is 0 Å². The first-order valence-corrected chi connectivity index (χ1v) is 7.12. The Morgan fingerprint density at radius 3 is 2.89 bits per heavy atom. The Bertz CT molecular complexity index is 367. The van der Waals surface area contributed by atoms with Crippen LogP contribution in [0, 0.1) is 5.82 Å². The summed E-state index contributed by atoms with van der Waals surface area (Å²) >= 11 is 0. The van der Waals surface area contributed by atoms with Gasteiger partial charge >= 0.3 is 0 Å². The van der Waals surface area contributed by atoms with Gasteiger partial charge in [0.05, 0.1) is 0 Å². The number of benzene rings is 1. The van der Waals surface area contributed by atoms with E-state index in [0.29, 0.717) is 12.6 Å². The van der Waals surface area contributed by atoms with E-state index in [-0.39, 0.29) is 5.82 Å². The molecule has 1 aromatic carbocycles. The van der Waals surface area contributed by atoms with Gasteiger partial charge in [0, 0.05) is 32.2 Å². The number of hydrogen-bond donors (Lipinski definition) is 1. The Hall–Kier alpha value is -1.13. The molecule has 1 saturated heterocycles. The van der Waals surface area contributed by atoms with Crippen LogP contribution >= 0.6 is 0 Å². The zero-order chi connectivity index (χ0) is 13.5. The molecule has 0 spiro atoms. The van der Waals surface area contributed by atoms with Crippen molar-refractivity contribution in [2.45, 2.75) is 25.8 Å². The number of nitrogens with zero attached hydrogens (tertiary/aromatic N) is 1. The lowest BCUT2D eigenvalue weighted by atomic mass is 10.1. The van der Waals surface area contributed by atoms with Crippen molar-refractivity contribution in [1.82, 2.24) is 10.2 Å². The molecule has 1 aliphatic heterocycles. The van der Waals surface area contributed by atoms with Crippen LogP contribution in [0.5, 0.6) is 5.75 Å². The molecule has 1 fully saturated rings. The van der Waals surface area contributed by atoms with Gasteiger partial charge in [-0.1, -0.05) is 13.3 Å². The largest absolute Gasteiger partial charge is 0.492 e. The molecular weight excluding hydrogens is 243 g/mol. The Kier molecular flexibility index (Phi) is 5.61. The summed E-state index contributed by atoms with van der Waals surface area (Å²) in [4.78, 5) is 2.43. The molecule has 0 amide bonds. The molecule has 1 unspecified atom stereocenters. The molecule has 1 aliphatic rings. The summed E-state index contributed by atoms with van der Waals surface area (Å²) in [7, 11) is 0. The van der Waals surface area contributed by atoms with Crippen molar-refractivity contribution in [3.8, 4) is 5.75 Å². The summed E-state index contributed by atoms with van der Waals surface area (Å²) in [5.41, 5.74) is 0. The maximum atomic E-state index is 12.7. The Labute approximate surface area is 114 Å². The summed E-state index contributed by atoms with van der Waals surface area (Å²) in [6, 6.07) is 6.82. The van der Waals surface area contributed by atoms with E-state index in [2.05, 4.69) is 17.1 Å². The fraction of sp³-hybridized carbons (Fsp3) is 0.600. The minimum absolute atomic E-state index is 0.225. The highest BCUT2D eigenvalue weighted by Gasteiger charge is 2.17. The fourth-order valence-corrected chi connectivity index (χ4v) is 2.46. The van der Waals surface area contributed by atoms with E-state index in [0.717, 1.165) is 31.9 Å². The van der Waals surface area contributed by atoms with E-state index in [9.17, 15) is 4.39 Å². The van der Waals surface area contributed by atoms with Crippen molar-refractivity contribution in [1.29, 1.82) is 0 Å². The van der Waals surface area contributed by atoms with Gasteiger partial charge < -0.3 is 10.1 Å². The molecular formula is C15H23FN2O. The molecule has 19 heavy (non-hydrogen) atoms. The lowest BCUT2D eigenvalue weighted by Gasteiger charge is -2.33. The van der Waals surface area contributed by atoms with Crippen molar-refractivity contribution >= 4 is 0 Å². The third-order valence-electron chi connectivity index (χ3n) is 3.47. The van der Waals surface area contributed by atoms with E-state index >= 15 is 0 Å². The van der Waals surface area contributed by atoms with Crippen LogP contribution in [0.4, 0.5) is 4.39 Å². The molecule has 0 radical (unpaired) electrons. The molecule has 106 valence electrons. The molecule has 1 aromatic rings. The van der Waals surface area contributed by atoms with E-state index < -0.39 is 0 Å². The maximum Gasteiger partial charge on any atom is 0.123 e. The molecule has 1 N–H and O–H groups in total. The highest BCUT2D eigenvalue weighted by Crippen LogP contribution is 2.11. The molecule has 4 heteroatoms. The van der Waals surface area contributed by atoms with Gasteiger partial charge in [0.2, 0.25) is 0 Å². The number of halogens is 1. The second-order valence-corrected chi connectivity index (χ2v) is 5.04. The predicted molar refractivity (Wildman–Crippen MR) is 75.0 cm³/mol. The van der Waals surface area contributed by atoms with Crippen molar-refractivity contribution in [3.05, 3.63) is 30.1 Å². The van der Waals surface area contributed by atoms with Crippen LogP contribution in [-0.4, -0.2) is 43.7 Å². The molecule has 3 nitrogen and oxygen atoms in total. The summed E-state index contributed by atoms with van der Waals surface area (Å²) in [5.74, 6) is 0.513. The molecule has 1 atom stereocenters. The van der Waals surface area contributed by atoms with Gasteiger partial charge in [-0.3, -0.25) is 4.90 Å². The second-order valence-electron chi connectivity index (χ2n) is 5.04. The van der Waals surface area contributed by atoms with Crippen molar-refractivity contribution in [2.24, 2.45) is 0 Å². The third-order valence-corrected chi connectivity index (χ3v) is 3.47. The average molecular weight is 266 g/mol. The van der Waals surface area contributed by atoms with Crippen molar-refractivity contribution < 1.29 is 9.13 Å². The number of ether oxygens (including phenoxy) is 1. The van der Waals surface area contributed by atoms with Crippen LogP contribution < -0.4 is 10.1 Å². The van der Waals surface area contributed by atoms with Crippen molar-refractivity contribution in [2.75, 3.05) is 32.8 Å². The monoisotopic (exact) mass is 266 g/mol. The van der Waals surface area contributed by atoms with Crippen LogP contribution in [0.15, 0.2) is 24.3 Å². The quantitative estimate of drug-likeness (QED) is 0.855. The second kappa shape index (κ2) is 7.46. The Morgan fingerprint density at radius 1 is 1.37 bits per heavy atom. The number of nitrogens with one attached hydrogen (secondary N) is 1. The summed E-state index contributed by atoms with van der Waals surface area (Å²) < 4.78 is 18.4. The summed E-state index contributed by atoms with van der Waals surface area (Å²) in [6.07, 6.45) is 2.45. The van der Waals surface area contributed by atoms with Gasteiger partial charge in [-0.05, 0) is 30.7 Å². The van der Waals surface area contributed by atoms with Gasteiger partial charge in [-0.15, -0.1) is 0 Å². The minimum Gasteiger partial charge on any atom is -0.492 e. The zero-order valence-electron chi connectivity index (χ0n) is 11.6. The van der Waals surface area contributed by atoms with E-state index in [1.54, 1.807) is 12.1 Å². The summed E-state index contributed by atoms with van der Waals surface area (Å²) in [5, 5.41) is 3.54. The lowest BCUT2D eigenvalue weighted by Crippen LogP contribution is -2.51. The molecule has 0 bridgehead atoms. The first-order valence-electron chi connectivity index (χ1n) is 7.12. The van der Waals surface area contributed by atoms with E-state index in [1.807, 2.05) is 0 Å². The number of rotatable bonds is 6. The number of piperazine rings is 1. The van der Waals surface area contributed by atoms with Crippen LogP contribution in [0.2, 0.25) is 0 Å². The van der Waals surface area contributed by atoms with Gasteiger partial charge in [0.25, 0.3) is 0 Å². The van der Waals surface area contributed by atoms with Crippen LogP contribution in [0.1, 0.15) is 19.8 Å². The van der Waals surface area contributed by atoms with Gasteiger partial charge in [0.15, 0.2) is 0 Å². The maximum absolute atomic E-state index is 12.7. The smallest absolute Gasteiger partial charge is 0.123 e. The minimum atomic E-state index is -0.225. The molecule has 2 rings (SSSR count). The summed E-state index contributed by atoms with van der Waals surface area (Å²) in [6.45, 7) is 7.04. The van der Waals surface area contributed by atoms with Crippen molar-refractivity contribution in [3.63, 3.8) is 0 Å². The molecule has 0 aliphatic carbocycles. The number of hydrogen-bond acceptors (Lipinski definition) is 3. The highest BCUT2D eigenvalue weighted by molar-refractivity contribution is 5.21. The SMILES string of the molecule is CCCC1CN(CCOc2ccc(F)cc2)CCN1. The standard InChI is InChI=1S/C15H23FN2O/c1-2-3-14-12-18(9-8-17-14)10-11-19-15-6-4-13(16)5-7-15/h4-7,14,17H,2-3,8-12H2,1H3. The molecule has 0 saturated carbocycles. The lowest BCUT2D eigenvalue weighted by molar-refractivity contribution is 0.162. The predicted octanol–water partition coefficient (Wildman–Crippen LogP) is 2.28. The topological polar surface area (TPSA) is 24.5 Å². The third kappa shape index (κ3) is 4.80. The molecule has 0 aromatic heterocycles. The first-order chi connectivity index (χ1) is 9.28. The fourth-order valence-electron chi connectivity index (χ4n) is 2.46. The van der Waals surface area contributed by atoms with Crippen LogP contribution in [-0.2, 0) is 0 Å². The Morgan fingerprint density at radius 2 is 2.16 bits per heavy atom. The first kappa shape index (κ1) is 14.3.